The molecule has 0 fully saturated rings. The molecular formula is C15H15ClN2O. The van der Waals surface area contributed by atoms with Crippen LogP contribution in [0, 0.1) is 0 Å². The van der Waals surface area contributed by atoms with E-state index in [0.717, 1.165) is 5.56 Å². The maximum atomic E-state index is 12.1. The lowest BCUT2D eigenvalue weighted by atomic mass is 10.1. The van der Waals surface area contributed by atoms with E-state index in [0.29, 0.717) is 16.3 Å². The standard InChI is InChI=1S/C15H15ClN2O/c1-10(11-5-7-14(17)8-6-11)18-15(19)12-3-2-4-13(16)9-12/h2-10H,17H2,1H3,(H,18,19). The second-order valence-electron chi connectivity index (χ2n) is 4.37. The summed E-state index contributed by atoms with van der Waals surface area (Å²) in [5.41, 5.74) is 7.89. The zero-order valence-corrected chi connectivity index (χ0v) is 11.3. The summed E-state index contributed by atoms with van der Waals surface area (Å²) in [5.74, 6) is -0.146. The van der Waals surface area contributed by atoms with Crippen molar-refractivity contribution in [3.05, 3.63) is 64.7 Å². The van der Waals surface area contributed by atoms with E-state index >= 15 is 0 Å². The van der Waals surface area contributed by atoms with Crippen molar-refractivity contribution in [1.82, 2.24) is 5.32 Å². The Morgan fingerprint density at radius 2 is 1.89 bits per heavy atom. The molecule has 0 aliphatic carbocycles. The smallest absolute Gasteiger partial charge is 0.251 e. The molecule has 2 rings (SSSR count). The molecule has 0 aromatic heterocycles. The van der Waals surface area contributed by atoms with E-state index in [1.54, 1.807) is 24.3 Å². The van der Waals surface area contributed by atoms with Crippen LogP contribution in [0.4, 0.5) is 5.69 Å². The number of amides is 1. The molecule has 0 bridgehead atoms. The molecule has 4 heteroatoms. The van der Waals surface area contributed by atoms with Gasteiger partial charge in [0, 0.05) is 16.3 Å². The molecule has 0 saturated heterocycles. The van der Waals surface area contributed by atoms with Gasteiger partial charge in [-0.2, -0.15) is 0 Å². The van der Waals surface area contributed by atoms with E-state index in [9.17, 15) is 4.79 Å². The Hall–Kier alpha value is -2.00. The van der Waals surface area contributed by atoms with Crippen LogP contribution in [-0.2, 0) is 0 Å². The molecule has 0 aliphatic heterocycles. The average molecular weight is 275 g/mol. The second-order valence-corrected chi connectivity index (χ2v) is 4.81. The van der Waals surface area contributed by atoms with Crippen molar-refractivity contribution in [3.8, 4) is 0 Å². The summed E-state index contributed by atoms with van der Waals surface area (Å²) in [6, 6.07) is 14.2. The average Bonchev–Trinajstić information content (AvgIpc) is 2.39. The molecule has 0 radical (unpaired) electrons. The highest BCUT2D eigenvalue weighted by atomic mass is 35.5. The number of rotatable bonds is 3. The predicted molar refractivity (Wildman–Crippen MR) is 78.2 cm³/mol. The number of hydrogen-bond donors (Lipinski definition) is 2. The van der Waals surface area contributed by atoms with E-state index in [1.807, 2.05) is 31.2 Å². The lowest BCUT2D eigenvalue weighted by Crippen LogP contribution is -2.26. The van der Waals surface area contributed by atoms with Gasteiger partial charge in [0.2, 0.25) is 0 Å². The van der Waals surface area contributed by atoms with Gasteiger partial charge in [0.05, 0.1) is 6.04 Å². The Bertz CT molecular complexity index is 581. The number of hydrogen-bond acceptors (Lipinski definition) is 2. The minimum atomic E-state index is -0.146. The summed E-state index contributed by atoms with van der Waals surface area (Å²) in [5, 5.41) is 3.47. The van der Waals surface area contributed by atoms with Crippen molar-refractivity contribution < 1.29 is 4.79 Å². The number of carbonyl (C=O) groups excluding carboxylic acids is 1. The molecule has 0 saturated carbocycles. The van der Waals surface area contributed by atoms with Gasteiger partial charge in [0.25, 0.3) is 5.91 Å². The molecule has 3 N–H and O–H groups in total. The number of anilines is 1. The van der Waals surface area contributed by atoms with Crippen LogP contribution in [-0.4, -0.2) is 5.91 Å². The fraction of sp³-hybridized carbons (Fsp3) is 0.133. The first-order valence-corrected chi connectivity index (χ1v) is 6.36. The SMILES string of the molecule is CC(NC(=O)c1cccc(Cl)c1)c1ccc(N)cc1. The van der Waals surface area contributed by atoms with Gasteiger partial charge in [-0.15, -0.1) is 0 Å². The first kappa shape index (κ1) is 13.4. The normalized spacial score (nSPS) is 11.9. The van der Waals surface area contributed by atoms with Crippen LogP contribution in [0.5, 0.6) is 0 Å². The van der Waals surface area contributed by atoms with Crippen molar-refractivity contribution in [1.29, 1.82) is 0 Å². The molecule has 1 unspecified atom stereocenters. The first-order valence-electron chi connectivity index (χ1n) is 5.98. The minimum Gasteiger partial charge on any atom is -0.399 e. The number of carbonyl (C=O) groups is 1. The maximum absolute atomic E-state index is 12.1. The molecule has 0 spiro atoms. The Morgan fingerprint density at radius 1 is 1.21 bits per heavy atom. The predicted octanol–water partition coefficient (Wildman–Crippen LogP) is 3.41. The molecule has 0 aliphatic rings. The minimum absolute atomic E-state index is 0.0907. The van der Waals surface area contributed by atoms with E-state index in [4.69, 9.17) is 17.3 Å². The quantitative estimate of drug-likeness (QED) is 0.843. The van der Waals surface area contributed by atoms with E-state index in [1.165, 1.54) is 0 Å². The summed E-state index contributed by atoms with van der Waals surface area (Å²) in [4.78, 5) is 12.1. The molecule has 3 nitrogen and oxygen atoms in total. The van der Waals surface area contributed by atoms with Crippen molar-refractivity contribution >= 4 is 23.2 Å². The molecule has 1 atom stereocenters. The van der Waals surface area contributed by atoms with Crippen LogP contribution < -0.4 is 11.1 Å². The second kappa shape index (κ2) is 5.76. The van der Waals surface area contributed by atoms with Crippen LogP contribution in [0.15, 0.2) is 48.5 Å². The molecule has 2 aromatic rings. The molecule has 98 valence electrons. The lowest BCUT2D eigenvalue weighted by molar-refractivity contribution is 0.0940. The third-order valence-corrected chi connectivity index (χ3v) is 3.11. The number of nitrogens with one attached hydrogen (secondary N) is 1. The maximum Gasteiger partial charge on any atom is 0.251 e. The summed E-state index contributed by atoms with van der Waals surface area (Å²) in [6.45, 7) is 1.92. The van der Waals surface area contributed by atoms with Gasteiger partial charge in [0.1, 0.15) is 0 Å². The Balaban J connectivity index is 2.08. The van der Waals surface area contributed by atoms with Crippen LogP contribution in [0.25, 0.3) is 0 Å². The fourth-order valence-electron chi connectivity index (χ4n) is 1.78. The molecular weight excluding hydrogens is 260 g/mol. The van der Waals surface area contributed by atoms with Crippen molar-refractivity contribution in [2.45, 2.75) is 13.0 Å². The number of nitrogens with two attached hydrogens (primary N) is 1. The summed E-state index contributed by atoms with van der Waals surface area (Å²) in [6.07, 6.45) is 0. The molecule has 2 aromatic carbocycles. The molecule has 19 heavy (non-hydrogen) atoms. The monoisotopic (exact) mass is 274 g/mol. The molecule has 0 heterocycles. The highest BCUT2D eigenvalue weighted by Gasteiger charge is 2.11. The highest BCUT2D eigenvalue weighted by molar-refractivity contribution is 6.30. The van der Waals surface area contributed by atoms with E-state index in [2.05, 4.69) is 5.32 Å². The first-order chi connectivity index (χ1) is 9.06. The summed E-state index contributed by atoms with van der Waals surface area (Å²) < 4.78 is 0. The topological polar surface area (TPSA) is 55.1 Å². The lowest BCUT2D eigenvalue weighted by Gasteiger charge is -2.14. The zero-order valence-electron chi connectivity index (χ0n) is 10.6. The zero-order chi connectivity index (χ0) is 13.8. The van der Waals surface area contributed by atoms with Crippen molar-refractivity contribution in [2.75, 3.05) is 5.73 Å². The third kappa shape index (κ3) is 3.48. The number of nitrogen functional groups attached to an aromatic ring is 1. The van der Waals surface area contributed by atoms with Gasteiger partial charge in [-0.05, 0) is 42.8 Å². The summed E-state index contributed by atoms with van der Waals surface area (Å²) in [7, 11) is 0. The van der Waals surface area contributed by atoms with Crippen LogP contribution in [0.1, 0.15) is 28.9 Å². The van der Waals surface area contributed by atoms with Crippen LogP contribution in [0.2, 0.25) is 5.02 Å². The Labute approximate surface area is 117 Å². The van der Waals surface area contributed by atoms with Crippen LogP contribution in [0.3, 0.4) is 0 Å². The number of benzene rings is 2. The highest BCUT2D eigenvalue weighted by Crippen LogP contribution is 2.16. The Kier molecular flexibility index (Phi) is 4.07. The fourth-order valence-corrected chi connectivity index (χ4v) is 1.97. The van der Waals surface area contributed by atoms with Crippen LogP contribution >= 0.6 is 11.6 Å². The van der Waals surface area contributed by atoms with E-state index < -0.39 is 0 Å². The van der Waals surface area contributed by atoms with Gasteiger partial charge in [-0.1, -0.05) is 29.8 Å². The molecule has 1 amide bonds. The van der Waals surface area contributed by atoms with Crippen molar-refractivity contribution in [2.24, 2.45) is 0 Å². The number of halogens is 1. The van der Waals surface area contributed by atoms with Gasteiger partial charge < -0.3 is 11.1 Å². The van der Waals surface area contributed by atoms with Gasteiger partial charge >= 0.3 is 0 Å². The largest absolute Gasteiger partial charge is 0.399 e. The van der Waals surface area contributed by atoms with Crippen molar-refractivity contribution in [3.63, 3.8) is 0 Å². The van der Waals surface area contributed by atoms with Gasteiger partial charge in [0.15, 0.2) is 0 Å². The summed E-state index contributed by atoms with van der Waals surface area (Å²) >= 11 is 5.87. The van der Waals surface area contributed by atoms with E-state index in [-0.39, 0.29) is 11.9 Å². The van der Waals surface area contributed by atoms with Gasteiger partial charge in [-0.25, -0.2) is 0 Å². The van der Waals surface area contributed by atoms with Gasteiger partial charge in [-0.3, -0.25) is 4.79 Å². The third-order valence-electron chi connectivity index (χ3n) is 2.87. The Morgan fingerprint density at radius 3 is 2.53 bits per heavy atom.